The van der Waals surface area contributed by atoms with Crippen LogP contribution in [0.15, 0.2) is 46.6 Å². The van der Waals surface area contributed by atoms with Gasteiger partial charge in [0.25, 0.3) is 5.91 Å². The molecule has 1 aliphatic rings. The van der Waals surface area contributed by atoms with Gasteiger partial charge in [0.15, 0.2) is 0 Å². The number of nitrogens with zero attached hydrogens (tertiary/aromatic N) is 2. The van der Waals surface area contributed by atoms with Crippen molar-refractivity contribution in [1.82, 2.24) is 20.4 Å². The van der Waals surface area contributed by atoms with Crippen LogP contribution < -0.4 is 10.6 Å². The van der Waals surface area contributed by atoms with Gasteiger partial charge in [-0.05, 0) is 43.7 Å². The molecule has 0 fully saturated rings. The number of nitrogens with one attached hydrogen (secondary N) is 2. The smallest absolute Gasteiger partial charge is 0.255 e. The van der Waals surface area contributed by atoms with E-state index in [1.807, 2.05) is 35.9 Å². The largest absolute Gasteiger partial charge is 0.348 e. The number of hydrogen-bond acceptors (Lipinski definition) is 3. The summed E-state index contributed by atoms with van der Waals surface area (Å²) in [5.41, 5.74) is 3.81. The third-order valence-corrected chi connectivity index (χ3v) is 4.68. The number of halogens is 2. The quantitative estimate of drug-likeness (QED) is 0.723. The molecule has 0 bridgehead atoms. The molecule has 1 aromatic carbocycles. The van der Waals surface area contributed by atoms with Crippen LogP contribution >= 0.6 is 28.3 Å². The number of amides is 1. The van der Waals surface area contributed by atoms with Gasteiger partial charge < -0.3 is 10.6 Å². The highest BCUT2D eigenvalue weighted by molar-refractivity contribution is 9.10. The Hall–Kier alpha value is -1.63. The van der Waals surface area contributed by atoms with E-state index in [4.69, 9.17) is 0 Å². The van der Waals surface area contributed by atoms with E-state index in [0.717, 1.165) is 41.8 Å². The lowest BCUT2D eigenvalue weighted by Crippen LogP contribution is -2.30. The number of benzene rings is 1. The molecule has 5 nitrogen and oxygen atoms in total. The molecular weight excluding hydrogens is 404 g/mol. The van der Waals surface area contributed by atoms with E-state index in [1.54, 1.807) is 6.20 Å². The molecule has 0 atom stereocenters. The Morgan fingerprint density at radius 3 is 2.76 bits per heavy atom. The minimum Gasteiger partial charge on any atom is -0.348 e. The molecule has 1 aliphatic heterocycles. The zero-order chi connectivity index (χ0) is 16.9. The molecule has 0 unspecified atom stereocenters. The number of carbonyl (C=O) groups excluding carboxylic acids is 1. The summed E-state index contributed by atoms with van der Waals surface area (Å²) >= 11 is 3.44. The first-order valence-corrected chi connectivity index (χ1v) is 8.98. The molecule has 2 N–H and O–H groups in total. The first-order valence-electron chi connectivity index (χ1n) is 8.18. The molecule has 1 aromatic heterocycles. The van der Waals surface area contributed by atoms with Gasteiger partial charge in [-0.1, -0.05) is 34.5 Å². The van der Waals surface area contributed by atoms with Crippen molar-refractivity contribution >= 4 is 34.2 Å². The fraction of sp³-hybridized carbons (Fsp3) is 0.333. The van der Waals surface area contributed by atoms with Gasteiger partial charge in [-0.25, -0.2) is 4.68 Å². The van der Waals surface area contributed by atoms with Gasteiger partial charge >= 0.3 is 0 Å². The molecule has 1 amide bonds. The fourth-order valence-corrected chi connectivity index (χ4v) is 3.09. The van der Waals surface area contributed by atoms with E-state index in [-0.39, 0.29) is 18.3 Å². The molecule has 2 aromatic rings. The molecule has 0 saturated carbocycles. The molecule has 25 heavy (non-hydrogen) atoms. The van der Waals surface area contributed by atoms with Crippen molar-refractivity contribution in [2.24, 2.45) is 0 Å². The first-order chi connectivity index (χ1) is 11.7. The van der Waals surface area contributed by atoms with Crippen LogP contribution in [0, 0.1) is 0 Å². The van der Waals surface area contributed by atoms with E-state index < -0.39 is 0 Å². The van der Waals surface area contributed by atoms with Gasteiger partial charge in [0, 0.05) is 17.6 Å². The van der Waals surface area contributed by atoms with Crippen molar-refractivity contribution in [2.45, 2.75) is 19.8 Å². The second kappa shape index (κ2) is 9.17. The van der Waals surface area contributed by atoms with E-state index in [1.165, 1.54) is 5.57 Å². The molecule has 0 aliphatic carbocycles. The average molecular weight is 426 g/mol. The monoisotopic (exact) mass is 424 g/mol. The van der Waals surface area contributed by atoms with Crippen molar-refractivity contribution in [2.75, 3.05) is 19.6 Å². The van der Waals surface area contributed by atoms with Gasteiger partial charge in [-0.3, -0.25) is 4.79 Å². The van der Waals surface area contributed by atoms with Crippen LogP contribution in [0.25, 0.3) is 5.69 Å². The Bertz CT molecular complexity index is 755. The maximum Gasteiger partial charge on any atom is 0.255 e. The molecule has 7 heteroatoms. The zero-order valence-corrected chi connectivity index (χ0v) is 16.5. The summed E-state index contributed by atoms with van der Waals surface area (Å²) in [7, 11) is 0. The summed E-state index contributed by atoms with van der Waals surface area (Å²) in [6, 6.07) is 7.91. The number of carbonyl (C=O) groups is 1. The van der Waals surface area contributed by atoms with Crippen molar-refractivity contribution in [3.8, 4) is 5.69 Å². The van der Waals surface area contributed by atoms with E-state index >= 15 is 0 Å². The highest BCUT2D eigenvalue weighted by atomic mass is 79.9. The zero-order valence-electron chi connectivity index (χ0n) is 14.1. The molecule has 2 heterocycles. The Balaban J connectivity index is 0.00000225. The third-order valence-electron chi connectivity index (χ3n) is 4.15. The molecule has 3 rings (SSSR count). The normalized spacial score (nSPS) is 13.8. The van der Waals surface area contributed by atoms with Crippen molar-refractivity contribution in [3.63, 3.8) is 0 Å². The summed E-state index contributed by atoms with van der Waals surface area (Å²) in [6.07, 6.45) is 5.54. The number of hydrogen-bond donors (Lipinski definition) is 2. The summed E-state index contributed by atoms with van der Waals surface area (Å²) in [5, 5.41) is 10.7. The highest BCUT2D eigenvalue weighted by Crippen LogP contribution is 2.18. The summed E-state index contributed by atoms with van der Waals surface area (Å²) in [6.45, 7) is 4.50. The predicted octanol–water partition coefficient (Wildman–Crippen LogP) is 3.27. The fourth-order valence-electron chi connectivity index (χ4n) is 2.83. The lowest BCUT2D eigenvalue weighted by molar-refractivity contribution is 0.0955. The van der Waals surface area contributed by atoms with Crippen LogP contribution in [0.5, 0.6) is 0 Å². The SMILES string of the molecule is CCc1c(C(=O)NCC2=CCNCC2)cnn1-c1ccc(Br)cc1.Cl. The van der Waals surface area contributed by atoms with Crippen molar-refractivity contribution in [3.05, 3.63) is 57.8 Å². The molecule has 134 valence electrons. The lowest BCUT2D eigenvalue weighted by atomic mass is 10.1. The van der Waals surface area contributed by atoms with Crippen LogP contribution in [-0.4, -0.2) is 35.3 Å². The standard InChI is InChI=1S/C18H21BrN4O.ClH/c1-2-17-16(18(24)21-11-13-7-9-20-10-8-13)12-22-23(17)15-5-3-14(19)4-6-15;/h3-7,12,20H,2,8-11H2,1H3,(H,21,24);1H. The van der Waals surface area contributed by atoms with Crippen LogP contribution in [-0.2, 0) is 6.42 Å². The van der Waals surface area contributed by atoms with Gasteiger partial charge in [0.2, 0.25) is 0 Å². The Kier molecular flexibility index (Phi) is 7.23. The van der Waals surface area contributed by atoms with Crippen LogP contribution in [0.1, 0.15) is 29.4 Å². The summed E-state index contributed by atoms with van der Waals surface area (Å²) in [5.74, 6) is -0.0605. The van der Waals surface area contributed by atoms with Crippen LogP contribution in [0.2, 0.25) is 0 Å². The second-order valence-corrected chi connectivity index (χ2v) is 6.66. The maximum atomic E-state index is 12.6. The predicted molar refractivity (Wildman–Crippen MR) is 106 cm³/mol. The maximum absolute atomic E-state index is 12.6. The first kappa shape index (κ1) is 19.7. The average Bonchev–Trinajstić information content (AvgIpc) is 3.05. The Labute approximate surface area is 162 Å². The topological polar surface area (TPSA) is 59.0 Å². The number of aromatic nitrogens is 2. The second-order valence-electron chi connectivity index (χ2n) is 5.75. The summed E-state index contributed by atoms with van der Waals surface area (Å²) < 4.78 is 2.86. The van der Waals surface area contributed by atoms with Crippen molar-refractivity contribution < 1.29 is 4.79 Å². The number of rotatable bonds is 5. The highest BCUT2D eigenvalue weighted by Gasteiger charge is 2.17. The Morgan fingerprint density at radius 1 is 1.36 bits per heavy atom. The van der Waals surface area contributed by atoms with E-state index in [9.17, 15) is 4.79 Å². The molecular formula is C18H22BrClN4O. The minimum atomic E-state index is -0.0605. The van der Waals surface area contributed by atoms with Crippen LogP contribution in [0.3, 0.4) is 0 Å². The van der Waals surface area contributed by atoms with E-state index in [0.29, 0.717) is 12.1 Å². The van der Waals surface area contributed by atoms with E-state index in [2.05, 4.69) is 37.7 Å². The van der Waals surface area contributed by atoms with Gasteiger partial charge in [0.1, 0.15) is 0 Å². The lowest BCUT2D eigenvalue weighted by Gasteiger charge is -2.14. The third kappa shape index (κ3) is 4.71. The summed E-state index contributed by atoms with van der Waals surface area (Å²) in [4.78, 5) is 12.6. The Morgan fingerprint density at radius 2 is 2.12 bits per heavy atom. The molecule has 0 spiro atoms. The van der Waals surface area contributed by atoms with Crippen LogP contribution in [0.4, 0.5) is 0 Å². The molecule has 0 saturated heterocycles. The van der Waals surface area contributed by atoms with Crippen molar-refractivity contribution in [1.29, 1.82) is 0 Å². The minimum absolute atomic E-state index is 0. The van der Waals surface area contributed by atoms with Gasteiger partial charge in [0.05, 0.1) is 23.1 Å². The molecule has 0 radical (unpaired) electrons. The van der Waals surface area contributed by atoms with Gasteiger partial charge in [-0.2, -0.15) is 5.10 Å². The van der Waals surface area contributed by atoms with Gasteiger partial charge in [-0.15, -0.1) is 12.4 Å².